The Morgan fingerprint density at radius 2 is 1.96 bits per heavy atom. The number of rotatable bonds is 8. The molecule has 1 aliphatic heterocycles. The monoisotopic (exact) mass is 372 g/mol. The fourth-order valence-electron chi connectivity index (χ4n) is 3.77. The molecule has 0 atom stereocenters. The van der Waals surface area contributed by atoms with E-state index >= 15 is 0 Å². The quantitative estimate of drug-likeness (QED) is 0.432. The molecular formula is C22H36N4O. The van der Waals surface area contributed by atoms with Crippen molar-refractivity contribution in [3.63, 3.8) is 0 Å². The fraction of sp³-hybridized carbons (Fsp3) is 0.682. The number of anilines is 1. The molecular weight excluding hydrogens is 336 g/mol. The first-order chi connectivity index (χ1) is 13.2. The molecule has 1 aliphatic carbocycles. The summed E-state index contributed by atoms with van der Waals surface area (Å²) in [6.07, 6.45) is 3.74. The van der Waals surface area contributed by atoms with Crippen LogP contribution in [0.15, 0.2) is 29.3 Å². The van der Waals surface area contributed by atoms with Crippen molar-refractivity contribution in [3.8, 4) is 0 Å². The highest BCUT2D eigenvalue weighted by Gasteiger charge is 2.42. The minimum absolute atomic E-state index is 0.402. The zero-order valence-corrected chi connectivity index (χ0v) is 17.3. The van der Waals surface area contributed by atoms with Crippen LogP contribution in [0.5, 0.6) is 0 Å². The Morgan fingerprint density at radius 3 is 2.59 bits per heavy atom. The Hall–Kier alpha value is -1.75. The van der Waals surface area contributed by atoms with Gasteiger partial charge in [0, 0.05) is 58.2 Å². The van der Waals surface area contributed by atoms with Gasteiger partial charge in [0.2, 0.25) is 0 Å². The first-order valence-electron chi connectivity index (χ1n) is 10.6. The lowest BCUT2D eigenvalue weighted by atomic mass is 10.0. The minimum Gasteiger partial charge on any atom is -0.382 e. The van der Waals surface area contributed by atoms with Crippen molar-refractivity contribution < 1.29 is 4.74 Å². The Kier molecular flexibility index (Phi) is 7.00. The molecule has 0 amide bonds. The van der Waals surface area contributed by atoms with Crippen LogP contribution in [0.1, 0.15) is 38.7 Å². The van der Waals surface area contributed by atoms with Gasteiger partial charge in [-0.15, -0.1) is 0 Å². The average Bonchev–Trinajstić information content (AvgIpc) is 3.46. The summed E-state index contributed by atoms with van der Waals surface area (Å²) in [5.41, 5.74) is 3.07. The predicted octanol–water partition coefficient (Wildman–Crippen LogP) is 3.29. The fourth-order valence-corrected chi connectivity index (χ4v) is 3.77. The molecule has 1 saturated carbocycles. The zero-order chi connectivity index (χ0) is 19.1. The number of benzene rings is 1. The number of guanidine groups is 1. The van der Waals surface area contributed by atoms with Gasteiger partial charge in [0.1, 0.15) is 0 Å². The summed E-state index contributed by atoms with van der Waals surface area (Å²) in [4.78, 5) is 9.93. The lowest BCUT2D eigenvalue weighted by Crippen LogP contribution is -2.52. The summed E-state index contributed by atoms with van der Waals surface area (Å²) in [5.74, 6) is 1.09. The number of hydrogen-bond donors (Lipinski definition) is 1. The van der Waals surface area contributed by atoms with E-state index in [1.54, 1.807) is 0 Å². The van der Waals surface area contributed by atoms with Gasteiger partial charge in [0.25, 0.3) is 0 Å². The lowest BCUT2D eigenvalue weighted by Gasteiger charge is -2.38. The highest BCUT2D eigenvalue weighted by molar-refractivity contribution is 5.80. The second kappa shape index (κ2) is 9.45. The van der Waals surface area contributed by atoms with E-state index in [0.29, 0.717) is 5.41 Å². The number of nitrogens with zero attached hydrogens (tertiary/aromatic N) is 3. The van der Waals surface area contributed by atoms with E-state index in [9.17, 15) is 0 Å². The Morgan fingerprint density at radius 1 is 1.19 bits per heavy atom. The molecule has 0 aromatic heterocycles. The molecule has 2 fully saturated rings. The van der Waals surface area contributed by atoms with E-state index in [1.165, 1.54) is 24.1 Å². The van der Waals surface area contributed by atoms with Crippen molar-refractivity contribution >= 4 is 11.6 Å². The minimum atomic E-state index is 0.402. The Balaban J connectivity index is 1.55. The molecule has 1 N–H and O–H groups in total. The van der Waals surface area contributed by atoms with Crippen molar-refractivity contribution in [2.24, 2.45) is 10.4 Å². The molecule has 2 aliphatic rings. The maximum atomic E-state index is 5.56. The third-order valence-corrected chi connectivity index (χ3v) is 5.78. The summed E-state index contributed by atoms with van der Waals surface area (Å²) in [6.45, 7) is 14.0. The lowest BCUT2D eigenvalue weighted by molar-refractivity contribution is 0.129. The van der Waals surface area contributed by atoms with Crippen LogP contribution in [0.25, 0.3) is 0 Å². The van der Waals surface area contributed by atoms with Gasteiger partial charge >= 0.3 is 0 Å². The number of ether oxygens (including phenoxy) is 1. The van der Waals surface area contributed by atoms with Crippen molar-refractivity contribution in [2.45, 2.75) is 40.0 Å². The van der Waals surface area contributed by atoms with Gasteiger partial charge in [-0.3, -0.25) is 4.99 Å². The van der Waals surface area contributed by atoms with Crippen LogP contribution in [0.2, 0.25) is 0 Å². The molecule has 0 spiro atoms. The van der Waals surface area contributed by atoms with Gasteiger partial charge in [0.05, 0.1) is 0 Å². The number of aryl methyl sites for hydroxylation is 1. The molecule has 150 valence electrons. The van der Waals surface area contributed by atoms with Crippen molar-refractivity contribution in [1.29, 1.82) is 0 Å². The predicted molar refractivity (Wildman–Crippen MR) is 114 cm³/mol. The molecule has 0 radical (unpaired) electrons. The first-order valence-corrected chi connectivity index (χ1v) is 10.6. The van der Waals surface area contributed by atoms with Gasteiger partial charge in [0.15, 0.2) is 5.96 Å². The maximum absolute atomic E-state index is 5.56. The van der Waals surface area contributed by atoms with Gasteiger partial charge in [-0.1, -0.05) is 12.1 Å². The van der Waals surface area contributed by atoms with Crippen LogP contribution < -0.4 is 10.2 Å². The van der Waals surface area contributed by atoms with Gasteiger partial charge in [-0.2, -0.15) is 0 Å². The van der Waals surface area contributed by atoms with E-state index in [0.717, 1.165) is 64.9 Å². The molecule has 5 nitrogen and oxygen atoms in total. The molecule has 1 aromatic carbocycles. The summed E-state index contributed by atoms with van der Waals surface area (Å²) in [6, 6.07) is 8.82. The smallest absolute Gasteiger partial charge is 0.194 e. The number of aliphatic imine (C=N–C) groups is 1. The number of hydrogen-bond acceptors (Lipinski definition) is 3. The summed E-state index contributed by atoms with van der Waals surface area (Å²) in [7, 11) is 0. The van der Waals surface area contributed by atoms with Crippen molar-refractivity contribution in [1.82, 2.24) is 10.2 Å². The summed E-state index contributed by atoms with van der Waals surface area (Å²) >= 11 is 0. The van der Waals surface area contributed by atoms with E-state index in [2.05, 4.69) is 60.2 Å². The Bertz CT molecular complexity index is 618. The normalized spacial score (nSPS) is 19.3. The van der Waals surface area contributed by atoms with Crippen LogP contribution in [0, 0.1) is 12.3 Å². The van der Waals surface area contributed by atoms with Crippen LogP contribution in [-0.2, 0) is 4.74 Å². The van der Waals surface area contributed by atoms with E-state index in [-0.39, 0.29) is 0 Å². The molecule has 0 bridgehead atoms. The molecule has 1 heterocycles. The standard InChI is InChI=1S/C22H36N4O/c1-4-23-21(24-18-22(9-10-22)11-16-27-5-2)26-14-12-25(13-15-26)20-8-6-7-19(3)17-20/h6-8,17H,4-5,9-16,18H2,1-3H3,(H,23,24). The third kappa shape index (κ3) is 5.61. The molecule has 3 rings (SSSR count). The van der Waals surface area contributed by atoms with Crippen LogP contribution >= 0.6 is 0 Å². The molecule has 1 saturated heterocycles. The van der Waals surface area contributed by atoms with Gasteiger partial charge in [-0.25, -0.2) is 0 Å². The third-order valence-electron chi connectivity index (χ3n) is 5.78. The number of nitrogens with one attached hydrogen (secondary N) is 1. The molecule has 5 heteroatoms. The highest BCUT2D eigenvalue weighted by Crippen LogP contribution is 2.49. The Labute approximate surface area is 164 Å². The van der Waals surface area contributed by atoms with Crippen molar-refractivity contribution in [3.05, 3.63) is 29.8 Å². The number of piperazine rings is 1. The van der Waals surface area contributed by atoms with Crippen LogP contribution in [0.3, 0.4) is 0 Å². The largest absolute Gasteiger partial charge is 0.382 e. The average molecular weight is 373 g/mol. The highest BCUT2D eigenvalue weighted by atomic mass is 16.5. The van der Waals surface area contributed by atoms with Gasteiger partial charge < -0.3 is 19.9 Å². The maximum Gasteiger partial charge on any atom is 0.194 e. The summed E-state index contributed by atoms with van der Waals surface area (Å²) in [5, 5.41) is 3.51. The first kappa shape index (κ1) is 20.0. The van der Waals surface area contributed by atoms with Crippen molar-refractivity contribution in [2.75, 3.05) is 57.4 Å². The van der Waals surface area contributed by atoms with E-state index in [4.69, 9.17) is 9.73 Å². The topological polar surface area (TPSA) is 40.1 Å². The molecule has 1 aromatic rings. The van der Waals surface area contributed by atoms with Gasteiger partial charge in [-0.05, 0) is 63.1 Å². The summed E-state index contributed by atoms with van der Waals surface area (Å²) < 4.78 is 5.56. The van der Waals surface area contributed by atoms with Crippen LogP contribution in [-0.4, -0.2) is 63.3 Å². The second-order valence-corrected chi connectivity index (χ2v) is 7.93. The van der Waals surface area contributed by atoms with E-state index < -0.39 is 0 Å². The second-order valence-electron chi connectivity index (χ2n) is 7.93. The SMILES string of the molecule is CCNC(=NCC1(CCOCC)CC1)N1CCN(c2cccc(C)c2)CC1. The van der Waals surface area contributed by atoms with E-state index in [1.807, 2.05) is 0 Å². The zero-order valence-electron chi connectivity index (χ0n) is 17.3. The van der Waals surface area contributed by atoms with Crippen LogP contribution in [0.4, 0.5) is 5.69 Å². The molecule has 0 unspecified atom stereocenters. The molecule has 27 heavy (non-hydrogen) atoms.